The van der Waals surface area contributed by atoms with Gasteiger partial charge in [0.25, 0.3) is 0 Å². The van der Waals surface area contributed by atoms with E-state index < -0.39 is 0 Å². The van der Waals surface area contributed by atoms with Crippen LogP contribution in [0, 0.1) is 0 Å². The molecule has 0 radical (unpaired) electrons. The van der Waals surface area contributed by atoms with Crippen molar-refractivity contribution in [2.45, 2.75) is 20.3 Å². The summed E-state index contributed by atoms with van der Waals surface area (Å²) in [6, 6.07) is 3.76. The molecular weight excluding hydrogens is 200 g/mol. The molecule has 3 rings (SSSR count). The summed E-state index contributed by atoms with van der Waals surface area (Å²) in [4.78, 5) is 8.59. The molecule has 0 saturated carbocycles. The van der Waals surface area contributed by atoms with Crippen molar-refractivity contribution in [3.8, 4) is 0 Å². The van der Waals surface area contributed by atoms with Crippen molar-refractivity contribution in [1.82, 2.24) is 4.98 Å². The smallest absolute Gasteiger partial charge is 0.155 e. The second kappa shape index (κ2) is 4.75. The van der Waals surface area contributed by atoms with Gasteiger partial charge in [-0.2, -0.15) is 0 Å². The minimum Gasteiger partial charge on any atom is -0.453 e. The lowest BCUT2D eigenvalue weighted by molar-refractivity contribution is 0.604. The van der Waals surface area contributed by atoms with Gasteiger partial charge in [-0.25, -0.2) is 0 Å². The summed E-state index contributed by atoms with van der Waals surface area (Å²) in [6.45, 7) is 4.00. The lowest BCUT2D eigenvalue weighted by atomic mass is 10.3. The van der Waals surface area contributed by atoms with Crippen molar-refractivity contribution in [3.63, 3.8) is 0 Å². The van der Waals surface area contributed by atoms with Gasteiger partial charge in [0, 0.05) is 18.8 Å². The number of fused-ring (bicyclic) bond motifs is 3. The molecule has 82 valence electrons. The van der Waals surface area contributed by atoms with Crippen LogP contribution in [0.1, 0.15) is 26.0 Å². The Labute approximate surface area is 94.5 Å². The molecule has 3 heteroatoms. The van der Waals surface area contributed by atoms with Crippen molar-refractivity contribution in [2.24, 2.45) is 4.99 Å². The van der Waals surface area contributed by atoms with E-state index in [1.807, 2.05) is 44.3 Å². The molecule has 2 aromatic rings. The third-order valence-corrected chi connectivity index (χ3v) is 2.18. The predicted octanol–water partition coefficient (Wildman–Crippen LogP) is 3.97. The third kappa shape index (κ3) is 1.76. The maximum absolute atomic E-state index is 5.61. The van der Waals surface area contributed by atoms with Crippen LogP contribution < -0.4 is 0 Å². The van der Waals surface area contributed by atoms with E-state index in [0.29, 0.717) is 0 Å². The molecule has 0 fully saturated rings. The number of hydrogen-bond acceptors (Lipinski definition) is 3. The zero-order valence-electron chi connectivity index (χ0n) is 9.47. The molecule has 2 aromatic heterocycles. The summed E-state index contributed by atoms with van der Waals surface area (Å²) in [6.07, 6.45) is 8.44. The van der Waals surface area contributed by atoms with E-state index in [9.17, 15) is 0 Å². The first-order valence-corrected chi connectivity index (χ1v) is 5.52. The molecule has 0 spiro atoms. The average molecular weight is 214 g/mol. The molecule has 3 heterocycles. The van der Waals surface area contributed by atoms with Gasteiger partial charge >= 0.3 is 0 Å². The summed E-state index contributed by atoms with van der Waals surface area (Å²) >= 11 is 0. The standard InChI is InChI=1S/C11H8N2O.C2H6/c1-2-6-12-10-8(4-1)14-9-5-3-7-13-11(9)10;1-2/h1,3-7H,2H2;1-2H3. The Hall–Kier alpha value is -1.90. The van der Waals surface area contributed by atoms with E-state index in [1.165, 1.54) is 0 Å². The van der Waals surface area contributed by atoms with Crippen LogP contribution in [0.2, 0.25) is 0 Å². The van der Waals surface area contributed by atoms with Crippen LogP contribution in [-0.2, 0) is 0 Å². The first-order chi connectivity index (χ1) is 7.95. The highest BCUT2D eigenvalue weighted by Gasteiger charge is 2.12. The highest BCUT2D eigenvalue weighted by Crippen LogP contribution is 2.33. The molecule has 0 aromatic carbocycles. The van der Waals surface area contributed by atoms with Crippen LogP contribution >= 0.6 is 0 Å². The number of pyridine rings is 1. The summed E-state index contributed by atoms with van der Waals surface area (Å²) in [5.74, 6) is 0.799. The molecule has 0 saturated heterocycles. The number of nitrogens with zero attached hydrogens (tertiary/aromatic N) is 2. The van der Waals surface area contributed by atoms with Gasteiger partial charge < -0.3 is 4.42 Å². The Balaban J connectivity index is 0.000000457. The Morgan fingerprint density at radius 3 is 3.06 bits per heavy atom. The van der Waals surface area contributed by atoms with Gasteiger partial charge in [-0.1, -0.05) is 19.9 Å². The first-order valence-electron chi connectivity index (χ1n) is 5.52. The van der Waals surface area contributed by atoms with Crippen molar-refractivity contribution >= 4 is 29.1 Å². The van der Waals surface area contributed by atoms with Crippen LogP contribution in [0.5, 0.6) is 0 Å². The van der Waals surface area contributed by atoms with Gasteiger partial charge in [0.05, 0.1) is 0 Å². The molecule has 0 bridgehead atoms. The second-order valence-electron chi connectivity index (χ2n) is 3.11. The van der Waals surface area contributed by atoms with Gasteiger partial charge in [0.1, 0.15) is 11.2 Å². The molecule has 1 aliphatic rings. The molecule has 0 unspecified atom stereocenters. The molecule has 0 atom stereocenters. The topological polar surface area (TPSA) is 38.4 Å². The lowest BCUT2D eigenvalue weighted by Crippen LogP contribution is -1.71. The van der Waals surface area contributed by atoms with Crippen LogP contribution in [0.15, 0.2) is 33.8 Å². The van der Waals surface area contributed by atoms with Crippen LogP contribution in [0.4, 0.5) is 5.69 Å². The number of aliphatic imine (C=N–C) groups is 1. The minimum absolute atomic E-state index is 0.793. The zero-order chi connectivity index (χ0) is 11.4. The molecule has 0 N–H and O–H groups in total. The SMILES string of the molecule is C1=Cc2oc3cccnc3c2N=CC1.CC. The Bertz CT molecular complexity index is 538. The summed E-state index contributed by atoms with van der Waals surface area (Å²) in [5, 5.41) is 0. The highest BCUT2D eigenvalue weighted by molar-refractivity contribution is 5.92. The Morgan fingerprint density at radius 1 is 1.31 bits per heavy atom. The number of hydrogen-bond donors (Lipinski definition) is 0. The van der Waals surface area contributed by atoms with Gasteiger partial charge in [-0.15, -0.1) is 0 Å². The van der Waals surface area contributed by atoms with E-state index in [2.05, 4.69) is 9.98 Å². The Morgan fingerprint density at radius 2 is 2.19 bits per heavy atom. The molecule has 0 aliphatic carbocycles. The zero-order valence-corrected chi connectivity index (χ0v) is 9.47. The third-order valence-electron chi connectivity index (χ3n) is 2.18. The number of furan rings is 1. The highest BCUT2D eigenvalue weighted by atomic mass is 16.3. The van der Waals surface area contributed by atoms with Crippen molar-refractivity contribution in [3.05, 3.63) is 30.2 Å². The minimum atomic E-state index is 0.793. The fourth-order valence-corrected chi connectivity index (χ4v) is 1.55. The number of allylic oxidation sites excluding steroid dienone is 1. The van der Waals surface area contributed by atoms with Gasteiger partial charge in [-0.05, 0) is 18.2 Å². The molecule has 0 amide bonds. The van der Waals surface area contributed by atoms with Crippen molar-refractivity contribution < 1.29 is 4.42 Å². The van der Waals surface area contributed by atoms with E-state index in [-0.39, 0.29) is 0 Å². The van der Waals surface area contributed by atoms with Gasteiger partial charge in [-0.3, -0.25) is 9.98 Å². The van der Waals surface area contributed by atoms with E-state index in [1.54, 1.807) is 6.20 Å². The summed E-state index contributed by atoms with van der Waals surface area (Å²) in [7, 11) is 0. The maximum Gasteiger partial charge on any atom is 0.155 e. The molecule has 3 nitrogen and oxygen atoms in total. The lowest BCUT2D eigenvalue weighted by Gasteiger charge is -1.87. The summed E-state index contributed by atoms with van der Waals surface area (Å²) < 4.78 is 5.61. The molecule has 16 heavy (non-hydrogen) atoms. The summed E-state index contributed by atoms with van der Waals surface area (Å²) in [5.41, 5.74) is 2.47. The monoisotopic (exact) mass is 214 g/mol. The van der Waals surface area contributed by atoms with Crippen LogP contribution in [-0.4, -0.2) is 11.2 Å². The van der Waals surface area contributed by atoms with Crippen LogP contribution in [0.25, 0.3) is 17.2 Å². The largest absolute Gasteiger partial charge is 0.453 e. The molecule has 1 aliphatic heterocycles. The predicted molar refractivity (Wildman–Crippen MR) is 67.2 cm³/mol. The van der Waals surface area contributed by atoms with Crippen molar-refractivity contribution in [1.29, 1.82) is 0 Å². The first kappa shape index (κ1) is 10.6. The average Bonchev–Trinajstić information content (AvgIpc) is 2.54. The van der Waals surface area contributed by atoms with E-state index in [4.69, 9.17) is 4.42 Å². The number of aromatic nitrogens is 1. The van der Waals surface area contributed by atoms with E-state index in [0.717, 1.165) is 29.0 Å². The van der Waals surface area contributed by atoms with Crippen LogP contribution in [0.3, 0.4) is 0 Å². The number of rotatable bonds is 0. The fourth-order valence-electron chi connectivity index (χ4n) is 1.55. The van der Waals surface area contributed by atoms with Crippen molar-refractivity contribution in [2.75, 3.05) is 0 Å². The Kier molecular flexibility index (Phi) is 3.15. The quantitative estimate of drug-likeness (QED) is 0.665. The van der Waals surface area contributed by atoms with Gasteiger partial charge in [0.15, 0.2) is 11.3 Å². The maximum atomic E-state index is 5.61. The van der Waals surface area contributed by atoms with Gasteiger partial charge in [0.2, 0.25) is 0 Å². The normalized spacial score (nSPS) is 12.9. The van der Waals surface area contributed by atoms with E-state index >= 15 is 0 Å². The fraction of sp³-hybridized carbons (Fsp3) is 0.231. The molecular formula is C13H14N2O. The second-order valence-corrected chi connectivity index (χ2v) is 3.11.